The van der Waals surface area contributed by atoms with Gasteiger partial charge in [-0.25, -0.2) is 19.2 Å². The van der Waals surface area contributed by atoms with E-state index in [-0.39, 0.29) is 12.1 Å². The van der Waals surface area contributed by atoms with E-state index in [2.05, 4.69) is 9.47 Å². The van der Waals surface area contributed by atoms with Gasteiger partial charge in [0.15, 0.2) is 0 Å². The third-order valence-electron chi connectivity index (χ3n) is 4.80. The van der Waals surface area contributed by atoms with E-state index in [1.54, 1.807) is 0 Å². The highest BCUT2D eigenvalue weighted by Crippen LogP contribution is 2.55. The topological polar surface area (TPSA) is 86.7 Å². The molecule has 2 aliphatic rings. The molecule has 2 aromatic carbocycles. The molecule has 0 radical (unpaired) electrons. The van der Waals surface area contributed by atoms with Gasteiger partial charge in [-0.05, 0) is 24.3 Å². The highest BCUT2D eigenvalue weighted by atomic mass is 19.3. The van der Waals surface area contributed by atoms with Gasteiger partial charge in [-0.2, -0.15) is 26.3 Å². The molecule has 0 spiro atoms. The van der Waals surface area contributed by atoms with E-state index in [9.17, 15) is 45.5 Å². The van der Waals surface area contributed by atoms with Crippen LogP contribution >= 0.6 is 0 Å². The molecule has 6 nitrogen and oxygen atoms in total. The first-order valence-corrected chi connectivity index (χ1v) is 8.24. The van der Waals surface area contributed by atoms with Gasteiger partial charge in [0.25, 0.3) is 0 Å². The summed E-state index contributed by atoms with van der Waals surface area (Å²) in [5, 5.41) is 0. The number of fused-ring (bicyclic) bond motifs is 2. The maximum Gasteiger partial charge on any atom is 0.380 e. The molecule has 160 valence electrons. The predicted molar refractivity (Wildman–Crippen MR) is 85.1 cm³/mol. The molecule has 4 rings (SSSR count). The van der Waals surface area contributed by atoms with Crippen molar-refractivity contribution in [3.05, 3.63) is 69.8 Å². The lowest BCUT2D eigenvalue weighted by molar-refractivity contribution is -0.321. The molecule has 0 amide bonds. The fourth-order valence-electron chi connectivity index (χ4n) is 3.12. The Balaban J connectivity index is 1.78. The van der Waals surface area contributed by atoms with E-state index in [0.29, 0.717) is 24.3 Å². The monoisotopic (exact) mass is 444 g/mol. The number of rotatable bonds is 4. The molecule has 0 saturated carbocycles. The lowest BCUT2D eigenvalue weighted by atomic mass is 9.90. The van der Waals surface area contributed by atoms with Gasteiger partial charge in [0.05, 0.1) is 22.3 Å². The number of ether oxygens (including phenoxy) is 2. The number of hydrogen-bond acceptors (Lipinski definition) is 6. The molecule has 0 saturated heterocycles. The molecule has 0 bridgehead atoms. The Morgan fingerprint density at radius 3 is 1.19 bits per heavy atom. The maximum absolute atomic E-state index is 14.6. The number of halogens is 6. The van der Waals surface area contributed by atoms with Gasteiger partial charge in [0.1, 0.15) is 0 Å². The van der Waals surface area contributed by atoms with Crippen LogP contribution in [0.4, 0.5) is 26.3 Å². The molecule has 12 heteroatoms. The number of carbonyl (C=O) groups excluding carboxylic acids is 4. The minimum atomic E-state index is -6.07. The average Bonchev–Trinajstić information content (AvgIpc) is 3.16. The lowest BCUT2D eigenvalue weighted by Crippen LogP contribution is -2.50. The molecule has 0 aromatic heterocycles. The summed E-state index contributed by atoms with van der Waals surface area (Å²) < 4.78 is 95.8. The van der Waals surface area contributed by atoms with E-state index in [0.717, 1.165) is 0 Å². The highest BCUT2D eigenvalue weighted by Gasteiger charge is 2.72. The first kappa shape index (κ1) is 20.6. The van der Waals surface area contributed by atoms with Crippen molar-refractivity contribution < 1.29 is 55.0 Å². The Bertz CT molecular complexity index is 1110. The number of carbonyl (C=O) groups is 4. The van der Waals surface area contributed by atoms with Crippen LogP contribution in [0, 0.1) is 0 Å². The van der Waals surface area contributed by atoms with Crippen molar-refractivity contribution in [1.82, 2.24) is 0 Å². The minimum Gasteiger partial charge on any atom is -0.386 e. The molecule has 0 unspecified atom stereocenters. The first-order valence-electron chi connectivity index (χ1n) is 8.24. The van der Waals surface area contributed by atoms with Gasteiger partial charge in [-0.3, -0.25) is 0 Å². The number of hydrogen-bond donors (Lipinski definition) is 0. The van der Waals surface area contributed by atoms with Crippen molar-refractivity contribution >= 4 is 23.9 Å². The predicted octanol–water partition coefficient (Wildman–Crippen LogP) is 3.83. The Hall–Kier alpha value is -3.70. The van der Waals surface area contributed by atoms with Crippen LogP contribution in [-0.4, -0.2) is 29.8 Å². The molecule has 2 aromatic rings. The molecular formula is C19H6F6O6. The summed E-state index contributed by atoms with van der Waals surface area (Å²) in [5.74, 6) is -22.3. The molecule has 31 heavy (non-hydrogen) atoms. The summed E-state index contributed by atoms with van der Waals surface area (Å²) in [4.78, 5) is 45.7. The Morgan fingerprint density at radius 1 is 0.516 bits per heavy atom. The van der Waals surface area contributed by atoms with E-state index < -0.39 is 75.0 Å². The van der Waals surface area contributed by atoms with Crippen LogP contribution in [0.15, 0.2) is 36.4 Å². The fourth-order valence-corrected chi connectivity index (χ4v) is 3.12. The smallest absolute Gasteiger partial charge is 0.380 e. The molecule has 0 N–H and O–H groups in total. The SMILES string of the molecule is O=C1OC(=O)c2cc(C(F)(F)C(F)(F)C(F)(F)c3ccc4c(c3)C(=O)OC4=O)ccc21. The van der Waals surface area contributed by atoms with Gasteiger partial charge >= 0.3 is 41.6 Å². The molecule has 0 fully saturated rings. The quantitative estimate of drug-likeness (QED) is 0.405. The second kappa shape index (κ2) is 6.15. The summed E-state index contributed by atoms with van der Waals surface area (Å²) in [7, 11) is 0. The fraction of sp³-hybridized carbons (Fsp3) is 0.158. The van der Waals surface area contributed by atoms with Crippen LogP contribution < -0.4 is 0 Å². The van der Waals surface area contributed by atoms with Crippen molar-refractivity contribution in [2.75, 3.05) is 0 Å². The second-order valence-electron chi connectivity index (χ2n) is 6.60. The van der Waals surface area contributed by atoms with Crippen molar-refractivity contribution in [2.24, 2.45) is 0 Å². The van der Waals surface area contributed by atoms with Gasteiger partial charge in [-0.1, -0.05) is 12.1 Å². The summed E-state index contributed by atoms with van der Waals surface area (Å²) >= 11 is 0. The summed E-state index contributed by atoms with van der Waals surface area (Å²) in [6.07, 6.45) is 0. The van der Waals surface area contributed by atoms with E-state index in [4.69, 9.17) is 0 Å². The molecule has 2 heterocycles. The van der Waals surface area contributed by atoms with Gasteiger partial charge in [0, 0.05) is 11.1 Å². The zero-order valence-electron chi connectivity index (χ0n) is 14.7. The standard InChI is InChI=1S/C19H6F6O6/c20-17(21,7-1-3-9-11(5-7)15(28)30-13(9)26)19(24,25)18(22,23)8-2-4-10-12(6-8)16(29)31-14(10)27/h1-6H. The van der Waals surface area contributed by atoms with Crippen molar-refractivity contribution in [3.8, 4) is 0 Å². The van der Waals surface area contributed by atoms with Crippen LogP contribution in [0.1, 0.15) is 52.6 Å². The van der Waals surface area contributed by atoms with Gasteiger partial charge in [-0.15, -0.1) is 0 Å². The zero-order valence-corrected chi connectivity index (χ0v) is 14.7. The second-order valence-corrected chi connectivity index (χ2v) is 6.60. The van der Waals surface area contributed by atoms with E-state index >= 15 is 0 Å². The average molecular weight is 444 g/mol. The minimum absolute atomic E-state index is 0.172. The number of cyclic esters (lactones) is 4. The Labute approximate surface area is 167 Å². The zero-order chi connectivity index (χ0) is 22.9. The van der Waals surface area contributed by atoms with Crippen LogP contribution in [0.3, 0.4) is 0 Å². The van der Waals surface area contributed by atoms with Crippen molar-refractivity contribution in [1.29, 1.82) is 0 Å². The third-order valence-corrected chi connectivity index (χ3v) is 4.80. The maximum atomic E-state index is 14.6. The third kappa shape index (κ3) is 2.67. The van der Waals surface area contributed by atoms with Gasteiger partial charge < -0.3 is 9.47 Å². The van der Waals surface area contributed by atoms with Crippen LogP contribution in [0.5, 0.6) is 0 Å². The summed E-state index contributed by atoms with van der Waals surface area (Å²) in [6, 6.07) is 2.09. The Morgan fingerprint density at radius 2 is 0.839 bits per heavy atom. The van der Waals surface area contributed by atoms with Crippen molar-refractivity contribution in [3.63, 3.8) is 0 Å². The van der Waals surface area contributed by atoms with Gasteiger partial charge in [0.2, 0.25) is 0 Å². The van der Waals surface area contributed by atoms with Crippen LogP contribution in [-0.2, 0) is 21.3 Å². The molecule has 0 aliphatic carbocycles. The first-order chi connectivity index (χ1) is 14.3. The molecule has 2 aliphatic heterocycles. The summed E-state index contributed by atoms with van der Waals surface area (Å²) in [5.41, 5.74) is -5.86. The number of benzene rings is 2. The number of esters is 4. The lowest BCUT2D eigenvalue weighted by Gasteiger charge is -2.33. The van der Waals surface area contributed by atoms with E-state index in [1.807, 2.05) is 0 Å². The van der Waals surface area contributed by atoms with E-state index in [1.165, 1.54) is 0 Å². The largest absolute Gasteiger partial charge is 0.386 e. The summed E-state index contributed by atoms with van der Waals surface area (Å²) in [6.45, 7) is 0. The Kier molecular flexibility index (Phi) is 4.08. The molecule has 0 atom stereocenters. The highest BCUT2D eigenvalue weighted by molar-refractivity contribution is 6.15. The van der Waals surface area contributed by atoms with Crippen LogP contribution in [0.2, 0.25) is 0 Å². The van der Waals surface area contributed by atoms with Crippen LogP contribution in [0.25, 0.3) is 0 Å². The molecular weight excluding hydrogens is 438 g/mol. The number of alkyl halides is 6. The normalized spacial score (nSPS) is 16.2. The van der Waals surface area contributed by atoms with Crippen molar-refractivity contribution in [2.45, 2.75) is 17.8 Å².